The van der Waals surface area contributed by atoms with E-state index in [1.807, 2.05) is 0 Å². The molecule has 0 bridgehead atoms. The standard InChI is InChI=1S/C33H38N3O/c1-20(2)24-14-11-15-25(21(3)4)31(24)36-27-17-10-9-16-26(27)35(6)33(36)29-22(5)18-19-28-30(29)34-32(37-28)23-12-7-8-13-23/h9-11,14-21,23H,7-8,12-13H2,1-6H3/q+1. The first-order valence-electron chi connectivity index (χ1n) is 13.9. The molecular formula is C33H38N3O+. The highest BCUT2D eigenvalue weighted by molar-refractivity contribution is 5.93. The fraction of sp³-hybridized carbons (Fsp3) is 0.394. The van der Waals surface area contributed by atoms with Crippen LogP contribution in [0.15, 0.2) is 59.0 Å². The average Bonchev–Trinajstić information content (AvgIpc) is 3.62. The number of nitrogens with zero attached hydrogens (tertiary/aromatic N) is 3. The molecule has 1 saturated carbocycles. The van der Waals surface area contributed by atoms with Crippen LogP contribution in [0.25, 0.3) is 39.2 Å². The lowest BCUT2D eigenvalue weighted by Crippen LogP contribution is -2.30. The Bertz CT molecular complexity index is 1590. The summed E-state index contributed by atoms with van der Waals surface area (Å²) in [5, 5.41) is 0. The van der Waals surface area contributed by atoms with Crippen LogP contribution >= 0.6 is 0 Å². The molecule has 2 heterocycles. The van der Waals surface area contributed by atoms with Gasteiger partial charge < -0.3 is 4.42 Å². The predicted octanol–water partition coefficient (Wildman–Crippen LogP) is 8.48. The van der Waals surface area contributed by atoms with E-state index in [4.69, 9.17) is 9.40 Å². The molecule has 5 aromatic rings. The van der Waals surface area contributed by atoms with Gasteiger partial charge in [0.15, 0.2) is 22.5 Å². The third kappa shape index (κ3) is 3.80. The molecule has 0 unspecified atom stereocenters. The maximum absolute atomic E-state index is 6.42. The normalized spacial score (nSPS) is 14.7. The molecule has 4 nitrogen and oxygen atoms in total. The summed E-state index contributed by atoms with van der Waals surface area (Å²) >= 11 is 0. The molecule has 0 saturated heterocycles. The number of para-hydroxylation sites is 3. The number of hydrogen-bond acceptors (Lipinski definition) is 2. The van der Waals surface area contributed by atoms with E-state index in [2.05, 4.69) is 105 Å². The Morgan fingerprint density at radius 3 is 2.24 bits per heavy atom. The van der Waals surface area contributed by atoms with Crippen LogP contribution in [0, 0.1) is 6.92 Å². The van der Waals surface area contributed by atoms with E-state index in [0.29, 0.717) is 17.8 Å². The van der Waals surface area contributed by atoms with Crippen molar-refractivity contribution in [2.45, 2.75) is 78.1 Å². The second-order valence-electron chi connectivity index (χ2n) is 11.4. The number of aryl methyl sites for hydroxylation is 2. The molecule has 0 aliphatic heterocycles. The van der Waals surface area contributed by atoms with Crippen molar-refractivity contribution in [1.29, 1.82) is 0 Å². The second kappa shape index (κ2) is 9.16. The number of benzene rings is 3. The first kappa shape index (κ1) is 24.0. The Hall–Kier alpha value is -3.40. The van der Waals surface area contributed by atoms with E-state index in [-0.39, 0.29) is 0 Å². The fourth-order valence-corrected chi connectivity index (χ4v) is 6.33. The van der Waals surface area contributed by atoms with E-state index in [1.165, 1.54) is 59.1 Å². The van der Waals surface area contributed by atoms with E-state index in [1.54, 1.807) is 0 Å². The lowest BCUT2D eigenvalue weighted by molar-refractivity contribution is -0.633. The van der Waals surface area contributed by atoms with Crippen LogP contribution in [0.2, 0.25) is 0 Å². The van der Waals surface area contributed by atoms with E-state index < -0.39 is 0 Å². The van der Waals surface area contributed by atoms with Gasteiger partial charge in [-0.25, -0.2) is 9.55 Å². The van der Waals surface area contributed by atoms with Gasteiger partial charge >= 0.3 is 0 Å². The smallest absolute Gasteiger partial charge is 0.297 e. The summed E-state index contributed by atoms with van der Waals surface area (Å²) in [6.07, 6.45) is 4.88. The van der Waals surface area contributed by atoms with Gasteiger partial charge in [-0.2, -0.15) is 4.57 Å². The highest BCUT2D eigenvalue weighted by Crippen LogP contribution is 2.41. The summed E-state index contributed by atoms with van der Waals surface area (Å²) in [6, 6.07) is 19.9. The number of oxazole rings is 1. The second-order valence-corrected chi connectivity index (χ2v) is 11.4. The molecule has 0 amide bonds. The third-order valence-electron chi connectivity index (χ3n) is 8.29. The maximum atomic E-state index is 6.42. The van der Waals surface area contributed by atoms with Gasteiger partial charge in [0.2, 0.25) is 0 Å². The summed E-state index contributed by atoms with van der Waals surface area (Å²) in [6.45, 7) is 11.4. The van der Waals surface area contributed by atoms with Gasteiger partial charge in [-0.15, -0.1) is 0 Å². The van der Waals surface area contributed by atoms with Gasteiger partial charge in [-0.3, -0.25) is 0 Å². The molecule has 0 atom stereocenters. The molecule has 4 heteroatoms. The van der Waals surface area contributed by atoms with Crippen LogP contribution in [0.1, 0.15) is 93.7 Å². The van der Waals surface area contributed by atoms with Crippen LogP contribution in [-0.2, 0) is 7.05 Å². The van der Waals surface area contributed by atoms with Gasteiger partial charge in [-0.1, -0.05) is 76.9 Å². The van der Waals surface area contributed by atoms with Crippen LogP contribution in [0.4, 0.5) is 0 Å². The minimum Gasteiger partial charge on any atom is -0.440 e. The Morgan fingerprint density at radius 2 is 1.57 bits per heavy atom. The predicted molar refractivity (Wildman–Crippen MR) is 152 cm³/mol. The molecule has 1 fully saturated rings. The maximum Gasteiger partial charge on any atom is 0.297 e. The van der Waals surface area contributed by atoms with Gasteiger partial charge in [0, 0.05) is 17.0 Å². The molecule has 0 radical (unpaired) electrons. The van der Waals surface area contributed by atoms with Crippen LogP contribution in [-0.4, -0.2) is 9.55 Å². The molecule has 0 N–H and O–H groups in total. The van der Waals surface area contributed by atoms with Gasteiger partial charge in [0.1, 0.15) is 11.2 Å². The van der Waals surface area contributed by atoms with Crippen LogP contribution < -0.4 is 4.57 Å². The minimum absolute atomic E-state index is 0.394. The molecule has 37 heavy (non-hydrogen) atoms. The van der Waals surface area contributed by atoms with E-state index >= 15 is 0 Å². The third-order valence-corrected chi connectivity index (χ3v) is 8.29. The molecular weight excluding hydrogens is 454 g/mol. The van der Waals surface area contributed by atoms with E-state index in [0.717, 1.165) is 28.4 Å². The van der Waals surface area contributed by atoms with Gasteiger partial charge in [0.25, 0.3) is 5.82 Å². The SMILES string of the molecule is Cc1ccc2oc(C3CCCC3)nc2c1-c1n(-c2c(C(C)C)cccc2C(C)C)c2ccccc2[n+]1C. The lowest BCUT2D eigenvalue weighted by atomic mass is 9.92. The van der Waals surface area contributed by atoms with Crippen molar-refractivity contribution < 1.29 is 8.98 Å². The number of rotatable bonds is 5. The van der Waals surface area contributed by atoms with Crippen molar-refractivity contribution >= 4 is 22.1 Å². The van der Waals surface area contributed by atoms with Crippen molar-refractivity contribution in [2.75, 3.05) is 0 Å². The Labute approximate surface area is 220 Å². The zero-order valence-corrected chi connectivity index (χ0v) is 23.0. The van der Waals surface area contributed by atoms with Crippen molar-refractivity contribution in [3.05, 3.63) is 77.2 Å². The Morgan fingerprint density at radius 1 is 0.892 bits per heavy atom. The highest BCUT2D eigenvalue weighted by atomic mass is 16.3. The molecule has 190 valence electrons. The van der Waals surface area contributed by atoms with Crippen molar-refractivity contribution in [3.63, 3.8) is 0 Å². The quantitative estimate of drug-likeness (QED) is 0.231. The lowest BCUT2D eigenvalue weighted by Gasteiger charge is -2.18. The average molecular weight is 493 g/mol. The molecule has 1 aliphatic carbocycles. The summed E-state index contributed by atoms with van der Waals surface area (Å²) in [5.41, 5.74) is 10.7. The highest BCUT2D eigenvalue weighted by Gasteiger charge is 2.33. The van der Waals surface area contributed by atoms with E-state index in [9.17, 15) is 0 Å². The zero-order valence-electron chi connectivity index (χ0n) is 23.0. The van der Waals surface area contributed by atoms with Gasteiger partial charge in [-0.05, 0) is 55.4 Å². The summed E-state index contributed by atoms with van der Waals surface area (Å²) in [4.78, 5) is 5.20. The first-order chi connectivity index (χ1) is 17.9. The van der Waals surface area contributed by atoms with Gasteiger partial charge in [0.05, 0.1) is 12.6 Å². The zero-order chi connectivity index (χ0) is 25.8. The topological polar surface area (TPSA) is 34.8 Å². The van der Waals surface area contributed by atoms with Crippen LogP contribution in [0.3, 0.4) is 0 Å². The number of fused-ring (bicyclic) bond motifs is 2. The largest absolute Gasteiger partial charge is 0.440 e. The number of aromatic nitrogens is 3. The Kier molecular flexibility index (Phi) is 5.94. The van der Waals surface area contributed by atoms with Crippen LogP contribution in [0.5, 0.6) is 0 Å². The molecule has 3 aromatic carbocycles. The molecule has 2 aromatic heterocycles. The fourth-order valence-electron chi connectivity index (χ4n) is 6.33. The monoisotopic (exact) mass is 492 g/mol. The molecule has 6 rings (SSSR count). The number of hydrogen-bond donors (Lipinski definition) is 0. The van der Waals surface area contributed by atoms with Crippen molar-refractivity contribution in [1.82, 2.24) is 9.55 Å². The summed E-state index contributed by atoms with van der Waals surface area (Å²) in [7, 11) is 2.19. The summed E-state index contributed by atoms with van der Waals surface area (Å²) in [5.74, 6) is 3.30. The molecule has 0 spiro atoms. The first-order valence-corrected chi connectivity index (χ1v) is 13.9. The number of imidazole rings is 1. The van der Waals surface area contributed by atoms with Crippen molar-refractivity contribution in [2.24, 2.45) is 7.05 Å². The van der Waals surface area contributed by atoms with Crippen molar-refractivity contribution in [3.8, 4) is 17.1 Å². The Balaban J connectivity index is 1.74. The molecule has 1 aliphatic rings. The summed E-state index contributed by atoms with van der Waals surface area (Å²) < 4.78 is 11.3. The minimum atomic E-state index is 0.394.